The number of carbonyl (C=O) groups is 1. The maximum absolute atomic E-state index is 13.2. The molecule has 3 aromatic rings. The second-order valence-corrected chi connectivity index (χ2v) is 9.65. The van der Waals surface area contributed by atoms with Crippen molar-refractivity contribution in [2.24, 2.45) is 0 Å². The van der Waals surface area contributed by atoms with Gasteiger partial charge in [-0.15, -0.1) is 11.3 Å². The summed E-state index contributed by atoms with van der Waals surface area (Å²) in [5, 5.41) is 3.38. The number of hydrogen-bond donors (Lipinski definition) is 2. The minimum absolute atomic E-state index is 0.0740. The molecule has 3 N–H and O–H groups in total. The molecule has 3 rings (SSSR count). The van der Waals surface area contributed by atoms with E-state index in [-0.39, 0.29) is 26.8 Å². The number of carbonyl (C=O) groups excluding carboxylic acids is 1. The highest BCUT2D eigenvalue weighted by atomic mass is 32.2. The number of halogens is 1. The van der Waals surface area contributed by atoms with Crippen LogP contribution in [0.3, 0.4) is 0 Å². The molecule has 0 aliphatic carbocycles. The Labute approximate surface area is 173 Å². The Bertz CT molecular complexity index is 1140. The van der Waals surface area contributed by atoms with E-state index < -0.39 is 21.4 Å². The van der Waals surface area contributed by atoms with E-state index in [0.29, 0.717) is 10.7 Å². The van der Waals surface area contributed by atoms with Gasteiger partial charge in [0.25, 0.3) is 0 Å². The largest absolute Gasteiger partial charge is 0.396 e. The van der Waals surface area contributed by atoms with Gasteiger partial charge in [0, 0.05) is 11.3 Å². The third kappa shape index (κ3) is 4.33. The summed E-state index contributed by atoms with van der Waals surface area (Å²) in [5.74, 6) is -1.07. The molecule has 1 heterocycles. The van der Waals surface area contributed by atoms with E-state index in [2.05, 4.69) is 5.32 Å². The lowest BCUT2D eigenvalue weighted by Crippen LogP contribution is -2.09. The third-order valence-corrected chi connectivity index (χ3v) is 7.58. The van der Waals surface area contributed by atoms with Gasteiger partial charge in [0.2, 0.25) is 5.78 Å². The maximum Gasteiger partial charge on any atom is 0.205 e. The molecule has 8 heteroatoms. The lowest BCUT2D eigenvalue weighted by Gasteiger charge is -2.08. The van der Waals surface area contributed by atoms with Crippen molar-refractivity contribution in [2.75, 3.05) is 16.8 Å². The highest BCUT2D eigenvalue weighted by Crippen LogP contribution is 2.42. The van der Waals surface area contributed by atoms with Gasteiger partial charge in [-0.3, -0.25) is 4.79 Å². The number of hydrogen-bond acceptors (Lipinski definition) is 6. The van der Waals surface area contributed by atoms with Crippen LogP contribution in [0.1, 0.15) is 34.6 Å². The number of sulfone groups is 1. The number of benzene rings is 2. The molecule has 0 spiro atoms. The number of nitrogens with two attached hydrogens (primary N) is 1. The quantitative estimate of drug-likeness (QED) is 0.524. The Morgan fingerprint density at radius 2 is 1.69 bits per heavy atom. The SMILES string of the molecule is CCc1ccc(Nc2sc(C(=O)c3ccc(F)cc3)c(N)c2S(=O)(=O)CC)cc1. The first-order valence-electron chi connectivity index (χ1n) is 9.08. The van der Waals surface area contributed by atoms with Gasteiger partial charge in [0.05, 0.1) is 11.4 Å². The molecule has 0 aliphatic rings. The van der Waals surface area contributed by atoms with Gasteiger partial charge >= 0.3 is 0 Å². The Kier molecular flexibility index (Phi) is 6.04. The van der Waals surface area contributed by atoms with E-state index in [0.717, 1.165) is 23.3 Å². The van der Waals surface area contributed by atoms with E-state index in [1.807, 2.05) is 31.2 Å². The molecule has 0 unspecified atom stereocenters. The molecule has 5 nitrogen and oxygen atoms in total. The summed E-state index contributed by atoms with van der Waals surface area (Å²) < 4.78 is 38.5. The monoisotopic (exact) mass is 432 g/mol. The molecular weight excluding hydrogens is 411 g/mol. The van der Waals surface area contributed by atoms with E-state index in [9.17, 15) is 17.6 Å². The predicted molar refractivity (Wildman–Crippen MR) is 115 cm³/mol. The molecule has 0 bridgehead atoms. The van der Waals surface area contributed by atoms with Crippen molar-refractivity contribution in [3.05, 3.63) is 70.4 Å². The van der Waals surface area contributed by atoms with Crippen molar-refractivity contribution in [2.45, 2.75) is 25.2 Å². The average Bonchev–Trinajstić information content (AvgIpc) is 3.05. The van der Waals surface area contributed by atoms with Crippen LogP contribution in [0.25, 0.3) is 0 Å². The molecule has 0 radical (unpaired) electrons. The first-order valence-corrected chi connectivity index (χ1v) is 11.5. The summed E-state index contributed by atoms with van der Waals surface area (Å²) in [6.07, 6.45) is 0.887. The normalized spacial score (nSPS) is 11.4. The molecule has 1 aromatic heterocycles. The fourth-order valence-corrected chi connectivity index (χ4v) is 5.45. The van der Waals surface area contributed by atoms with Crippen LogP contribution in [-0.4, -0.2) is 20.0 Å². The smallest absolute Gasteiger partial charge is 0.205 e. The minimum atomic E-state index is -3.68. The molecule has 0 aliphatic heterocycles. The first kappa shape index (κ1) is 21.0. The Morgan fingerprint density at radius 3 is 2.24 bits per heavy atom. The number of aryl methyl sites for hydroxylation is 1. The van der Waals surface area contributed by atoms with Crippen LogP contribution < -0.4 is 11.1 Å². The van der Waals surface area contributed by atoms with Crippen molar-refractivity contribution in [3.8, 4) is 0 Å². The number of anilines is 3. The standard InChI is InChI=1S/C21H21FN2O3S2/c1-3-13-5-11-16(12-6-13)24-21-20(29(26,27)4-2)17(23)19(28-21)18(25)14-7-9-15(22)10-8-14/h5-12,24H,3-4,23H2,1-2H3. The topological polar surface area (TPSA) is 89.3 Å². The minimum Gasteiger partial charge on any atom is -0.396 e. The van der Waals surface area contributed by atoms with Gasteiger partial charge in [-0.2, -0.15) is 0 Å². The molecule has 152 valence electrons. The highest BCUT2D eigenvalue weighted by Gasteiger charge is 2.29. The Hall–Kier alpha value is -2.71. The van der Waals surface area contributed by atoms with Crippen LogP contribution in [0.15, 0.2) is 53.4 Å². The van der Waals surface area contributed by atoms with Gasteiger partial charge in [-0.1, -0.05) is 26.0 Å². The molecule has 0 amide bonds. The van der Waals surface area contributed by atoms with Gasteiger partial charge in [0.15, 0.2) is 9.84 Å². The Morgan fingerprint density at radius 1 is 1.07 bits per heavy atom. The van der Waals surface area contributed by atoms with Crippen molar-refractivity contribution in [1.29, 1.82) is 0 Å². The molecule has 0 fully saturated rings. The van der Waals surface area contributed by atoms with E-state index >= 15 is 0 Å². The number of ketones is 1. The maximum atomic E-state index is 13.2. The summed E-state index contributed by atoms with van der Waals surface area (Å²) in [6.45, 7) is 3.56. The molecule has 0 saturated carbocycles. The average molecular weight is 433 g/mol. The number of thiophene rings is 1. The van der Waals surface area contributed by atoms with E-state index in [4.69, 9.17) is 5.73 Å². The molecule has 29 heavy (non-hydrogen) atoms. The van der Waals surface area contributed by atoms with Crippen LogP contribution in [-0.2, 0) is 16.3 Å². The van der Waals surface area contributed by atoms with Crippen molar-refractivity contribution >= 4 is 43.3 Å². The molecule has 2 aromatic carbocycles. The summed E-state index contributed by atoms with van der Waals surface area (Å²) in [6, 6.07) is 12.6. The lowest BCUT2D eigenvalue weighted by molar-refractivity contribution is 0.104. The van der Waals surface area contributed by atoms with Gasteiger partial charge in [-0.25, -0.2) is 12.8 Å². The fraction of sp³-hybridized carbons (Fsp3) is 0.190. The van der Waals surface area contributed by atoms with Gasteiger partial charge in [-0.05, 0) is 48.4 Å². The van der Waals surface area contributed by atoms with Crippen LogP contribution in [0, 0.1) is 5.82 Å². The molecular formula is C21H21FN2O3S2. The van der Waals surface area contributed by atoms with Crippen LogP contribution >= 0.6 is 11.3 Å². The zero-order valence-corrected chi connectivity index (χ0v) is 17.7. The summed E-state index contributed by atoms with van der Waals surface area (Å²) in [7, 11) is -3.68. The zero-order chi connectivity index (χ0) is 21.2. The van der Waals surface area contributed by atoms with Crippen LogP contribution in [0.4, 0.5) is 20.8 Å². The number of rotatable bonds is 7. The van der Waals surface area contributed by atoms with E-state index in [1.54, 1.807) is 0 Å². The second-order valence-electron chi connectivity index (χ2n) is 6.42. The fourth-order valence-electron chi connectivity index (χ4n) is 2.82. The zero-order valence-electron chi connectivity index (χ0n) is 16.0. The van der Waals surface area contributed by atoms with Crippen molar-refractivity contribution < 1.29 is 17.6 Å². The van der Waals surface area contributed by atoms with E-state index in [1.165, 1.54) is 31.2 Å². The summed E-state index contributed by atoms with van der Waals surface area (Å²) >= 11 is 0.982. The molecule has 0 atom stereocenters. The van der Waals surface area contributed by atoms with Crippen LogP contribution in [0.2, 0.25) is 0 Å². The second kappa shape index (κ2) is 8.34. The summed E-state index contributed by atoms with van der Waals surface area (Å²) in [4.78, 5) is 12.9. The predicted octanol–water partition coefficient (Wildman–Crippen LogP) is 4.80. The van der Waals surface area contributed by atoms with Gasteiger partial charge in [0.1, 0.15) is 20.6 Å². The first-order chi connectivity index (χ1) is 13.8. The summed E-state index contributed by atoms with van der Waals surface area (Å²) in [5.41, 5.74) is 8.12. The van der Waals surface area contributed by atoms with Crippen molar-refractivity contribution in [3.63, 3.8) is 0 Å². The number of nitrogens with one attached hydrogen (secondary N) is 1. The van der Waals surface area contributed by atoms with Crippen LogP contribution in [0.5, 0.6) is 0 Å². The van der Waals surface area contributed by atoms with Gasteiger partial charge < -0.3 is 11.1 Å². The molecule has 0 saturated heterocycles. The van der Waals surface area contributed by atoms with Crippen molar-refractivity contribution in [1.82, 2.24) is 0 Å². The lowest BCUT2D eigenvalue weighted by atomic mass is 10.1. The number of nitrogen functional groups attached to an aromatic ring is 1. The third-order valence-electron chi connectivity index (χ3n) is 4.52. The highest BCUT2D eigenvalue weighted by molar-refractivity contribution is 7.92. The Balaban J connectivity index is 2.08.